The third kappa shape index (κ3) is 4.17. The number of rotatable bonds is 6. The summed E-state index contributed by atoms with van der Waals surface area (Å²) in [6.07, 6.45) is 7.33. The van der Waals surface area contributed by atoms with Gasteiger partial charge in [0.25, 0.3) is 0 Å². The van der Waals surface area contributed by atoms with E-state index < -0.39 is 0 Å². The molecule has 1 heterocycles. The van der Waals surface area contributed by atoms with E-state index >= 15 is 0 Å². The average Bonchev–Trinajstić information content (AvgIpc) is 2.86. The van der Waals surface area contributed by atoms with E-state index in [9.17, 15) is 0 Å². The van der Waals surface area contributed by atoms with Crippen LogP contribution in [0.15, 0.2) is 0 Å². The zero-order chi connectivity index (χ0) is 13.7. The molecule has 3 nitrogen and oxygen atoms in total. The minimum atomic E-state index is 0.446. The van der Waals surface area contributed by atoms with E-state index in [-0.39, 0.29) is 0 Å². The van der Waals surface area contributed by atoms with E-state index in [2.05, 4.69) is 24.1 Å². The number of ether oxygens (including phenoxy) is 1. The Kier molecular flexibility index (Phi) is 6.11. The fraction of sp³-hybridized carbons (Fsp3) is 1.00. The number of nitrogens with one attached hydrogen (secondary N) is 1. The van der Waals surface area contributed by atoms with Crippen molar-refractivity contribution < 1.29 is 4.74 Å². The minimum absolute atomic E-state index is 0.446. The molecule has 112 valence electrons. The molecule has 1 saturated carbocycles. The molecule has 0 radical (unpaired) electrons. The molecule has 2 rings (SSSR count). The highest BCUT2D eigenvalue weighted by atomic mass is 16.5. The number of methoxy groups -OCH3 is 1. The average molecular weight is 268 g/mol. The lowest BCUT2D eigenvalue weighted by atomic mass is 9.94. The number of hydrogen-bond donors (Lipinski definition) is 1. The predicted molar refractivity (Wildman–Crippen MR) is 80.4 cm³/mol. The molecule has 2 aliphatic rings. The van der Waals surface area contributed by atoms with Crippen molar-refractivity contribution >= 4 is 0 Å². The second-order valence-electron chi connectivity index (χ2n) is 6.48. The lowest BCUT2D eigenvalue weighted by Crippen LogP contribution is -2.45. The molecule has 1 N–H and O–H groups in total. The SMILES string of the molecule is CCNC1CCCC1CCN1CCC(C)C(OC)C1. The molecule has 0 aromatic carbocycles. The fourth-order valence-electron chi connectivity index (χ4n) is 3.87. The Hall–Kier alpha value is -0.120. The van der Waals surface area contributed by atoms with Crippen LogP contribution in [0, 0.1) is 11.8 Å². The first kappa shape index (κ1) is 15.3. The van der Waals surface area contributed by atoms with Crippen molar-refractivity contribution in [1.82, 2.24) is 10.2 Å². The molecule has 0 amide bonds. The Labute approximate surface area is 119 Å². The van der Waals surface area contributed by atoms with Crippen LogP contribution in [0.2, 0.25) is 0 Å². The molecule has 1 aliphatic carbocycles. The van der Waals surface area contributed by atoms with Gasteiger partial charge in [-0.3, -0.25) is 0 Å². The second-order valence-corrected chi connectivity index (χ2v) is 6.48. The molecule has 2 fully saturated rings. The van der Waals surface area contributed by atoms with E-state index in [1.54, 1.807) is 0 Å². The molecule has 0 spiro atoms. The standard InChI is InChI=1S/C16H32N2O/c1-4-17-15-7-5-6-14(15)9-11-18-10-8-13(2)16(12-18)19-3/h13-17H,4-12H2,1-3H3. The molecule has 19 heavy (non-hydrogen) atoms. The van der Waals surface area contributed by atoms with Gasteiger partial charge in [-0.1, -0.05) is 20.3 Å². The van der Waals surface area contributed by atoms with Gasteiger partial charge in [0.05, 0.1) is 6.10 Å². The highest BCUT2D eigenvalue weighted by molar-refractivity contribution is 4.85. The normalized spacial score (nSPS) is 36.8. The first-order valence-electron chi connectivity index (χ1n) is 8.23. The van der Waals surface area contributed by atoms with Crippen molar-refractivity contribution in [2.45, 2.75) is 58.1 Å². The van der Waals surface area contributed by atoms with Crippen molar-refractivity contribution in [3.63, 3.8) is 0 Å². The lowest BCUT2D eigenvalue weighted by molar-refractivity contribution is -0.00644. The van der Waals surface area contributed by atoms with Crippen LogP contribution < -0.4 is 5.32 Å². The van der Waals surface area contributed by atoms with Gasteiger partial charge in [0.15, 0.2) is 0 Å². The first-order chi connectivity index (χ1) is 9.24. The van der Waals surface area contributed by atoms with Crippen molar-refractivity contribution in [3.05, 3.63) is 0 Å². The fourth-order valence-corrected chi connectivity index (χ4v) is 3.87. The van der Waals surface area contributed by atoms with Crippen molar-refractivity contribution in [3.8, 4) is 0 Å². The van der Waals surface area contributed by atoms with E-state index in [4.69, 9.17) is 4.74 Å². The Morgan fingerprint density at radius 2 is 2.11 bits per heavy atom. The van der Waals surface area contributed by atoms with Gasteiger partial charge in [-0.15, -0.1) is 0 Å². The zero-order valence-electron chi connectivity index (χ0n) is 13.0. The van der Waals surface area contributed by atoms with Gasteiger partial charge in [-0.05, 0) is 57.2 Å². The molecule has 3 heteroatoms. The van der Waals surface area contributed by atoms with Gasteiger partial charge in [0.2, 0.25) is 0 Å². The van der Waals surface area contributed by atoms with Crippen LogP contribution in [-0.4, -0.2) is 50.3 Å². The predicted octanol–water partition coefficient (Wildman–Crippen LogP) is 2.51. The summed E-state index contributed by atoms with van der Waals surface area (Å²) in [5.74, 6) is 1.63. The van der Waals surface area contributed by atoms with Crippen LogP contribution in [0.4, 0.5) is 0 Å². The topological polar surface area (TPSA) is 24.5 Å². The maximum Gasteiger partial charge on any atom is 0.0724 e. The number of hydrogen-bond acceptors (Lipinski definition) is 3. The quantitative estimate of drug-likeness (QED) is 0.801. The summed E-state index contributed by atoms with van der Waals surface area (Å²) in [4.78, 5) is 2.62. The Balaban J connectivity index is 1.73. The monoisotopic (exact) mass is 268 g/mol. The van der Waals surface area contributed by atoms with Crippen LogP contribution in [0.3, 0.4) is 0 Å². The highest BCUT2D eigenvalue weighted by Crippen LogP contribution is 2.29. The number of nitrogens with zero attached hydrogens (tertiary/aromatic N) is 1. The van der Waals surface area contributed by atoms with Crippen LogP contribution in [-0.2, 0) is 4.74 Å². The van der Waals surface area contributed by atoms with Gasteiger partial charge < -0.3 is 15.0 Å². The minimum Gasteiger partial charge on any atom is -0.380 e. The van der Waals surface area contributed by atoms with E-state index in [0.29, 0.717) is 6.10 Å². The number of likely N-dealkylation sites (tertiary alicyclic amines) is 1. The van der Waals surface area contributed by atoms with Gasteiger partial charge in [0.1, 0.15) is 0 Å². The summed E-state index contributed by atoms with van der Waals surface area (Å²) in [5.41, 5.74) is 0. The van der Waals surface area contributed by atoms with Crippen LogP contribution in [0.5, 0.6) is 0 Å². The Morgan fingerprint density at radius 1 is 1.26 bits per heavy atom. The first-order valence-corrected chi connectivity index (χ1v) is 8.23. The number of piperidine rings is 1. The second kappa shape index (κ2) is 7.61. The van der Waals surface area contributed by atoms with Crippen LogP contribution in [0.1, 0.15) is 46.0 Å². The summed E-state index contributed by atoms with van der Waals surface area (Å²) < 4.78 is 5.61. The van der Waals surface area contributed by atoms with Gasteiger partial charge in [-0.2, -0.15) is 0 Å². The third-order valence-corrected chi connectivity index (χ3v) is 5.22. The molecular formula is C16H32N2O. The molecule has 0 aromatic heterocycles. The van der Waals surface area contributed by atoms with Crippen molar-refractivity contribution in [1.29, 1.82) is 0 Å². The largest absolute Gasteiger partial charge is 0.380 e. The van der Waals surface area contributed by atoms with E-state index in [1.807, 2.05) is 7.11 Å². The van der Waals surface area contributed by atoms with Crippen LogP contribution in [0.25, 0.3) is 0 Å². The molecular weight excluding hydrogens is 236 g/mol. The maximum atomic E-state index is 5.61. The smallest absolute Gasteiger partial charge is 0.0724 e. The summed E-state index contributed by atoms with van der Waals surface area (Å²) in [6, 6.07) is 0.784. The van der Waals surface area contributed by atoms with Crippen molar-refractivity contribution in [2.24, 2.45) is 11.8 Å². The molecule has 4 unspecified atom stereocenters. The highest BCUT2D eigenvalue weighted by Gasteiger charge is 2.29. The van der Waals surface area contributed by atoms with E-state index in [1.165, 1.54) is 45.2 Å². The lowest BCUT2D eigenvalue weighted by Gasteiger charge is -2.37. The van der Waals surface area contributed by atoms with Gasteiger partial charge in [0, 0.05) is 19.7 Å². The molecule has 1 saturated heterocycles. The van der Waals surface area contributed by atoms with Crippen molar-refractivity contribution in [2.75, 3.05) is 33.3 Å². The summed E-state index contributed by atoms with van der Waals surface area (Å²) in [5, 5.41) is 3.67. The zero-order valence-corrected chi connectivity index (χ0v) is 13.0. The molecule has 1 aliphatic heterocycles. The molecule has 4 atom stereocenters. The summed E-state index contributed by atoms with van der Waals surface area (Å²) in [6.45, 7) is 9.33. The third-order valence-electron chi connectivity index (χ3n) is 5.22. The van der Waals surface area contributed by atoms with Gasteiger partial charge >= 0.3 is 0 Å². The summed E-state index contributed by atoms with van der Waals surface area (Å²) >= 11 is 0. The molecule has 0 aromatic rings. The maximum absolute atomic E-state index is 5.61. The summed E-state index contributed by atoms with van der Waals surface area (Å²) in [7, 11) is 1.86. The Morgan fingerprint density at radius 3 is 2.84 bits per heavy atom. The molecule has 0 bridgehead atoms. The Bertz CT molecular complexity index is 259. The van der Waals surface area contributed by atoms with E-state index in [0.717, 1.165) is 31.0 Å². The van der Waals surface area contributed by atoms with Crippen LogP contribution >= 0.6 is 0 Å². The van der Waals surface area contributed by atoms with Gasteiger partial charge in [-0.25, -0.2) is 0 Å².